The molecule has 1 aromatic heterocycles. The summed E-state index contributed by atoms with van der Waals surface area (Å²) in [5, 5.41) is 0. The van der Waals surface area contributed by atoms with E-state index in [-0.39, 0.29) is 18.8 Å². The van der Waals surface area contributed by atoms with Gasteiger partial charge in [0.25, 0.3) is 0 Å². The first-order chi connectivity index (χ1) is 14.7. The maximum atomic E-state index is 12.7. The minimum Gasteiger partial charge on any atom is -0.284 e. The van der Waals surface area contributed by atoms with Crippen LogP contribution in [0, 0.1) is 0 Å². The first kappa shape index (κ1) is 22.9. The van der Waals surface area contributed by atoms with Crippen molar-refractivity contribution in [3.63, 3.8) is 0 Å². The number of aromatic nitrogens is 1. The van der Waals surface area contributed by atoms with Crippen molar-refractivity contribution < 1.29 is 16.8 Å². The summed E-state index contributed by atoms with van der Waals surface area (Å²) in [6.07, 6.45) is 4.42. The zero-order valence-corrected chi connectivity index (χ0v) is 19.0. The zero-order chi connectivity index (χ0) is 22.5. The topological polar surface area (TPSA) is 96.4 Å². The lowest BCUT2D eigenvalue weighted by molar-refractivity contribution is 0.401. The van der Waals surface area contributed by atoms with Gasteiger partial charge in [-0.3, -0.25) is 9.71 Å². The van der Waals surface area contributed by atoms with Crippen molar-refractivity contribution in [2.45, 2.75) is 20.0 Å². The van der Waals surface area contributed by atoms with Gasteiger partial charge < -0.3 is 0 Å². The van der Waals surface area contributed by atoms with Crippen LogP contribution in [0.5, 0.6) is 0 Å². The summed E-state index contributed by atoms with van der Waals surface area (Å²) in [5.74, 6) is 0.00611. The Morgan fingerprint density at radius 3 is 2.16 bits per heavy atom. The normalized spacial score (nSPS) is 12.1. The van der Waals surface area contributed by atoms with E-state index in [1.54, 1.807) is 43.6 Å². The fraction of sp³-hybridized carbons (Fsp3) is 0.227. The maximum absolute atomic E-state index is 12.7. The van der Waals surface area contributed by atoms with E-state index >= 15 is 0 Å². The number of pyridine rings is 1. The van der Waals surface area contributed by atoms with Crippen molar-refractivity contribution in [3.05, 3.63) is 84.2 Å². The van der Waals surface area contributed by atoms with Crippen LogP contribution in [0.1, 0.15) is 18.1 Å². The average molecular weight is 460 g/mol. The van der Waals surface area contributed by atoms with E-state index in [0.29, 0.717) is 5.69 Å². The highest BCUT2D eigenvalue weighted by atomic mass is 32.2. The molecule has 9 heteroatoms. The summed E-state index contributed by atoms with van der Waals surface area (Å²) >= 11 is 0. The number of sulfonamides is 2. The van der Waals surface area contributed by atoms with Crippen LogP contribution in [-0.2, 0) is 33.1 Å². The Bertz CT molecular complexity index is 1240. The highest BCUT2D eigenvalue weighted by Crippen LogP contribution is 2.25. The average Bonchev–Trinajstić information content (AvgIpc) is 2.73. The Morgan fingerprint density at radius 1 is 0.871 bits per heavy atom. The minimum atomic E-state index is -3.43. The molecule has 2 aromatic carbocycles. The second-order valence-corrected chi connectivity index (χ2v) is 11.2. The van der Waals surface area contributed by atoms with Crippen LogP contribution in [0.4, 0.5) is 5.69 Å². The smallest absolute Gasteiger partial charge is 0.229 e. The molecule has 1 N–H and O–H groups in total. The highest BCUT2D eigenvalue weighted by molar-refractivity contribution is 7.92. The molecule has 0 saturated heterocycles. The van der Waals surface area contributed by atoms with E-state index in [1.165, 1.54) is 4.31 Å². The Kier molecular flexibility index (Phi) is 7.09. The van der Waals surface area contributed by atoms with Gasteiger partial charge in [0.05, 0.1) is 12.0 Å². The molecule has 0 spiro atoms. The van der Waals surface area contributed by atoms with E-state index in [0.717, 1.165) is 28.5 Å². The van der Waals surface area contributed by atoms with Crippen LogP contribution < -0.4 is 4.72 Å². The lowest BCUT2D eigenvalue weighted by Gasteiger charge is -2.22. The van der Waals surface area contributed by atoms with Gasteiger partial charge in [0.2, 0.25) is 20.0 Å². The third-order valence-corrected chi connectivity index (χ3v) is 7.01. The van der Waals surface area contributed by atoms with Gasteiger partial charge in [-0.15, -0.1) is 0 Å². The molecule has 0 fully saturated rings. The molecule has 0 bridgehead atoms. The molecule has 1 heterocycles. The SMILES string of the molecule is CCS(=O)(=O)N(Cc1cccnc1)Cc1cccc(-c2cccc(NS(C)(=O)=O)c2)c1. The van der Waals surface area contributed by atoms with E-state index in [9.17, 15) is 16.8 Å². The first-order valence-corrected chi connectivity index (χ1v) is 13.2. The molecule has 164 valence electrons. The van der Waals surface area contributed by atoms with Gasteiger partial charge >= 0.3 is 0 Å². The van der Waals surface area contributed by atoms with Crippen LogP contribution in [0.3, 0.4) is 0 Å². The number of nitrogens with one attached hydrogen (secondary N) is 1. The maximum Gasteiger partial charge on any atom is 0.229 e. The van der Waals surface area contributed by atoms with Gasteiger partial charge in [-0.1, -0.05) is 36.4 Å². The minimum absolute atomic E-state index is 0.00611. The summed E-state index contributed by atoms with van der Waals surface area (Å²) in [7, 11) is -6.81. The molecule has 0 atom stereocenters. The largest absolute Gasteiger partial charge is 0.284 e. The molecule has 0 radical (unpaired) electrons. The monoisotopic (exact) mass is 459 g/mol. The fourth-order valence-electron chi connectivity index (χ4n) is 3.16. The predicted octanol–water partition coefficient (Wildman–Crippen LogP) is 3.47. The Balaban J connectivity index is 1.88. The molecule has 0 unspecified atom stereocenters. The summed E-state index contributed by atoms with van der Waals surface area (Å²) in [6, 6.07) is 18.3. The second kappa shape index (κ2) is 9.59. The predicted molar refractivity (Wildman–Crippen MR) is 123 cm³/mol. The molecule has 3 aromatic rings. The third-order valence-electron chi connectivity index (χ3n) is 4.62. The zero-order valence-electron chi connectivity index (χ0n) is 17.4. The van der Waals surface area contributed by atoms with Crippen molar-refractivity contribution in [1.29, 1.82) is 0 Å². The Labute approximate surface area is 183 Å². The fourth-order valence-corrected chi connectivity index (χ4v) is 4.77. The quantitative estimate of drug-likeness (QED) is 0.529. The number of hydrogen-bond acceptors (Lipinski definition) is 5. The number of benzene rings is 2. The number of anilines is 1. The molecule has 7 nitrogen and oxygen atoms in total. The summed E-state index contributed by atoms with van der Waals surface area (Å²) < 4.78 is 52.3. The molecule has 31 heavy (non-hydrogen) atoms. The van der Waals surface area contributed by atoms with Gasteiger partial charge in [-0.05, 0) is 53.4 Å². The molecular formula is C22H25N3O4S2. The summed E-state index contributed by atoms with van der Waals surface area (Å²) in [5.41, 5.74) is 3.81. The Hall–Kier alpha value is -2.75. The lowest BCUT2D eigenvalue weighted by Crippen LogP contribution is -2.31. The third kappa shape index (κ3) is 6.61. The number of rotatable bonds is 9. The van der Waals surface area contributed by atoms with Crippen LogP contribution in [0.25, 0.3) is 11.1 Å². The van der Waals surface area contributed by atoms with Crippen molar-refractivity contribution >= 4 is 25.7 Å². The van der Waals surface area contributed by atoms with E-state index in [1.807, 2.05) is 36.4 Å². The Morgan fingerprint density at radius 2 is 1.52 bits per heavy atom. The summed E-state index contributed by atoms with van der Waals surface area (Å²) in [6.45, 7) is 2.09. The summed E-state index contributed by atoms with van der Waals surface area (Å²) in [4.78, 5) is 4.07. The number of hydrogen-bond donors (Lipinski definition) is 1. The van der Waals surface area contributed by atoms with Crippen molar-refractivity contribution in [2.75, 3.05) is 16.7 Å². The molecule has 0 aliphatic heterocycles. The van der Waals surface area contributed by atoms with Crippen LogP contribution in [-0.4, -0.2) is 38.1 Å². The van der Waals surface area contributed by atoms with E-state index in [2.05, 4.69) is 9.71 Å². The van der Waals surface area contributed by atoms with Gasteiger partial charge in [0.1, 0.15) is 0 Å². The first-order valence-electron chi connectivity index (χ1n) is 9.70. The van der Waals surface area contributed by atoms with Crippen LogP contribution in [0.15, 0.2) is 73.1 Å². The van der Waals surface area contributed by atoms with Crippen molar-refractivity contribution in [2.24, 2.45) is 0 Å². The number of nitrogens with zero attached hydrogens (tertiary/aromatic N) is 2. The lowest BCUT2D eigenvalue weighted by atomic mass is 10.0. The van der Waals surface area contributed by atoms with E-state index < -0.39 is 20.0 Å². The highest BCUT2D eigenvalue weighted by Gasteiger charge is 2.21. The van der Waals surface area contributed by atoms with Crippen molar-refractivity contribution in [3.8, 4) is 11.1 Å². The van der Waals surface area contributed by atoms with Gasteiger partial charge in [0.15, 0.2) is 0 Å². The van der Waals surface area contributed by atoms with E-state index in [4.69, 9.17) is 0 Å². The molecule has 0 saturated carbocycles. The van der Waals surface area contributed by atoms with Crippen LogP contribution >= 0.6 is 0 Å². The molecular weight excluding hydrogens is 434 g/mol. The standard InChI is InChI=1S/C22H25N3O4S2/c1-3-31(28,29)25(17-19-8-6-12-23-15-19)16-18-7-4-9-20(13-18)21-10-5-11-22(14-21)24-30(2,26)27/h4-15,24H,3,16-17H2,1-2H3. The molecule has 3 rings (SSSR count). The second-order valence-electron chi connectivity index (χ2n) is 7.19. The van der Waals surface area contributed by atoms with Gasteiger partial charge in [-0.2, -0.15) is 4.31 Å². The van der Waals surface area contributed by atoms with Gasteiger partial charge in [0, 0.05) is 31.2 Å². The van der Waals surface area contributed by atoms with Crippen molar-refractivity contribution in [1.82, 2.24) is 9.29 Å². The van der Waals surface area contributed by atoms with Gasteiger partial charge in [-0.25, -0.2) is 16.8 Å². The molecule has 0 aliphatic rings. The van der Waals surface area contributed by atoms with Crippen LogP contribution in [0.2, 0.25) is 0 Å². The molecule has 0 amide bonds. The molecule has 0 aliphatic carbocycles.